The maximum atomic E-state index is 13.2. The first-order valence-corrected chi connectivity index (χ1v) is 9.82. The second kappa shape index (κ2) is 6.29. The molecule has 1 spiro atoms. The molecule has 1 aliphatic heterocycles. The summed E-state index contributed by atoms with van der Waals surface area (Å²) >= 11 is 0. The minimum atomic E-state index is -0.0544. The first-order chi connectivity index (χ1) is 13.6. The van der Waals surface area contributed by atoms with E-state index in [1.807, 2.05) is 48.3 Å². The summed E-state index contributed by atoms with van der Waals surface area (Å²) in [6.45, 7) is 1.50. The van der Waals surface area contributed by atoms with Crippen LogP contribution in [0.25, 0.3) is 11.0 Å². The fourth-order valence-electron chi connectivity index (χ4n) is 4.69. The number of H-pyrrole nitrogens is 1. The van der Waals surface area contributed by atoms with E-state index in [9.17, 15) is 4.79 Å². The number of rotatable bonds is 2. The zero-order valence-corrected chi connectivity index (χ0v) is 16.3. The van der Waals surface area contributed by atoms with Gasteiger partial charge in [0, 0.05) is 50.4 Å². The number of nitrogens with zero attached hydrogens (tertiary/aromatic N) is 5. The Kier molecular flexibility index (Phi) is 3.86. The molecule has 4 heterocycles. The summed E-state index contributed by atoms with van der Waals surface area (Å²) < 4.78 is 0. The number of amides is 1. The molecular weight excluding hydrogens is 352 g/mol. The van der Waals surface area contributed by atoms with Gasteiger partial charge in [-0.15, -0.1) is 0 Å². The van der Waals surface area contributed by atoms with Crippen molar-refractivity contribution in [1.82, 2.24) is 24.8 Å². The van der Waals surface area contributed by atoms with E-state index in [0.29, 0.717) is 12.2 Å². The number of anilines is 1. The number of hydrogen-bond donors (Lipinski definition) is 1. The quantitative estimate of drug-likeness (QED) is 0.744. The predicted octanol–water partition coefficient (Wildman–Crippen LogP) is 2.54. The van der Waals surface area contributed by atoms with E-state index in [1.54, 1.807) is 6.20 Å². The van der Waals surface area contributed by atoms with E-state index < -0.39 is 0 Å². The van der Waals surface area contributed by atoms with Gasteiger partial charge in [-0.05, 0) is 49.4 Å². The molecule has 7 nitrogen and oxygen atoms in total. The summed E-state index contributed by atoms with van der Waals surface area (Å²) in [5, 5.41) is 0.965. The van der Waals surface area contributed by atoms with Crippen LogP contribution in [0.15, 0.2) is 30.6 Å². The van der Waals surface area contributed by atoms with Crippen LogP contribution >= 0.6 is 0 Å². The van der Waals surface area contributed by atoms with Gasteiger partial charge in [0.1, 0.15) is 11.3 Å². The van der Waals surface area contributed by atoms with Crippen molar-refractivity contribution in [2.24, 2.45) is 0 Å². The van der Waals surface area contributed by atoms with E-state index >= 15 is 0 Å². The summed E-state index contributed by atoms with van der Waals surface area (Å²) in [6.07, 6.45) is 7.79. The number of aromatic amines is 1. The summed E-state index contributed by atoms with van der Waals surface area (Å²) in [5.74, 6) is 0.789. The summed E-state index contributed by atoms with van der Waals surface area (Å²) in [7, 11) is 3.92. The Hall–Kier alpha value is -2.96. The van der Waals surface area contributed by atoms with Crippen molar-refractivity contribution in [1.29, 1.82) is 0 Å². The third-order valence-corrected chi connectivity index (χ3v) is 6.11. The van der Waals surface area contributed by atoms with Crippen LogP contribution in [0.1, 0.15) is 41.0 Å². The molecule has 0 aromatic carbocycles. The number of nitrogens with one attached hydrogen (secondary N) is 1. The Bertz CT molecular complexity index is 1020. The fourth-order valence-corrected chi connectivity index (χ4v) is 4.69. The van der Waals surface area contributed by atoms with Crippen LogP contribution < -0.4 is 4.90 Å². The van der Waals surface area contributed by atoms with Gasteiger partial charge in [-0.25, -0.2) is 15.0 Å². The van der Waals surface area contributed by atoms with Crippen molar-refractivity contribution in [3.63, 3.8) is 0 Å². The Labute approximate surface area is 163 Å². The van der Waals surface area contributed by atoms with Crippen LogP contribution in [0.4, 0.5) is 5.95 Å². The Morgan fingerprint density at radius 3 is 3.00 bits per heavy atom. The SMILES string of the molecule is CN(C)c1ncc2c(n1)C1(CCCN(C(=O)c3cc4cccnc4[nH]3)C1)CC2. The standard InChI is InChI=1S/C21H24N6O/c1-26(2)20-23-12-15-6-8-21(17(15)25-20)7-4-10-27(13-21)19(28)16-11-14-5-3-9-22-18(14)24-16/h3,5,9,11-12H,4,6-8,10,13H2,1-2H3,(H,22,24). The van der Waals surface area contributed by atoms with Crippen molar-refractivity contribution in [2.45, 2.75) is 31.1 Å². The van der Waals surface area contributed by atoms with E-state index in [-0.39, 0.29) is 11.3 Å². The van der Waals surface area contributed by atoms with E-state index in [2.05, 4.69) is 15.0 Å². The highest BCUT2D eigenvalue weighted by Gasteiger charge is 2.45. The molecule has 7 heteroatoms. The number of pyridine rings is 1. The van der Waals surface area contributed by atoms with Crippen LogP contribution in [0.5, 0.6) is 0 Å². The molecule has 0 radical (unpaired) electrons. The normalized spacial score (nSPS) is 21.3. The van der Waals surface area contributed by atoms with Gasteiger partial charge in [0.25, 0.3) is 5.91 Å². The number of aryl methyl sites for hydroxylation is 1. The first-order valence-electron chi connectivity index (χ1n) is 9.82. The number of likely N-dealkylation sites (tertiary alicyclic amines) is 1. The van der Waals surface area contributed by atoms with Gasteiger partial charge >= 0.3 is 0 Å². The summed E-state index contributed by atoms with van der Waals surface area (Å²) in [4.78, 5) is 34.0. The fraction of sp³-hybridized carbons (Fsp3) is 0.429. The molecule has 5 rings (SSSR count). The molecule has 0 bridgehead atoms. The smallest absolute Gasteiger partial charge is 0.270 e. The van der Waals surface area contributed by atoms with Crippen LogP contribution in [-0.4, -0.2) is 57.9 Å². The lowest BCUT2D eigenvalue weighted by atomic mass is 9.77. The van der Waals surface area contributed by atoms with Gasteiger partial charge in [-0.1, -0.05) is 0 Å². The zero-order valence-electron chi connectivity index (χ0n) is 16.3. The number of carbonyl (C=O) groups excluding carboxylic acids is 1. The van der Waals surface area contributed by atoms with Crippen LogP contribution in [0.3, 0.4) is 0 Å². The molecule has 1 N–H and O–H groups in total. The average Bonchev–Trinajstić information content (AvgIpc) is 3.29. The molecule has 28 heavy (non-hydrogen) atoms. The van der Waals surface area contributed by atoms with Gasteiger partial charge < -0.3 is 14.8 Å². The Morgan fingerprint density at radius 2 is 2.18 bits per heavy atom. The van der Waals surface area contributed by atoms with Crippen molar-refractivity contribution in [3.8, 4) is 0 Å². The molecule has 2 aliphatic rings. The third kappa shape index (κ3) is 2.65. The maximum absolute atomic E-state index is 13.2. The average molecular weight is 376 g/mol. The predicted molar refractivity (Wildman–Crippen MR) is 108 cm³/mol. The molecule has 1 fully saturated rings. The lowest BCUT2D eigenvalue weighted by Gasteiger charge is -2.40. The topological polar surface area (TPSA) is 78.0 Å². The minimum absolute atomic E-state index is 0.0485. The van der Waals surface area contributed by atoms with Crippen molar-refractivity contribution in [3.05, 3.63) is 47.5 Å². The van der Waals surface area contributed by atoms with Gasteiger partial charge in [0.15, 0.2) is 0 Å². The highest BCUT2D eigenvalue weighted by molar-refractivity contribution is 5.97. The van der Waals surface area contributed by atoms with Crippen molar-refractivity contribution < 1.29 is 4.79 Å². The molecule has 1 amide bonds. The van der Waals surface area contributed by atoms with Crippen molar-refractivity contribution in [2.75, 3.05) is 32.1 Å². The van der Waals surface area contributed by atoms with Crippen LogP contribution in [0.2, 0.25) is 0 Å². The van der Waals surface area contributed by atoms with E-state index in [0.717, 1.165) is 54.9 Å². The first kappa shape index (κ1) is 17.2. The van der Waals surface area contributed by atoms with Gasteiger partial charge in [-0.3, -0.25) is 4.79 Å². The molecule has 1 saturated heterocycles. The third-order valence-electron chi connectivity index (χ3n) is 6.11. The second-order valence-electron chi connectivity index (χ2n) is 8.17. The highest BCUT2D eigenvalue weighted by Crippen LogP contribution is 2.44. The zero-order chi connectivity index (χ0) is 19.3. The van der Waals surface area contributed by atoms with Gasteiger partial charge in [0.2, 0.25) is 5.95 Å². The lowest BCUT2D eigenvalue weighted by Crippen LogP contribution is -2.48. The molecule has 0 saturated carbocycles. The molecule has 1 aliphatic carbocycles. The van der Waals surface area contributed by atoms with Crippen LogP contribution in [-0.2, 0) is 11.8 Å². The Balaban J connectivity index is 1.46. The number of carbonyl (C=O) groups is 1. The summed E-state index contributed by atoms with van der Waals surface area (Å²) in [6, 6.07) is 5.76. The Morgan fingerprint density at radius 1 is 1.29 bits per heavy atom. The van der Waals surface area contributed by atoms with E-state index in [1.165, 1.54) is 5.56 Å². The number of piperidine rings is 1. The molecule has 1 atom stereocenters. The van der Waals surface area contributed by atoms with Crippen molar-refractivity contribution >= 4 is 22.9 Å². The monoisotopic (exact) mass is 376 g/mol. The van der Waals surface area contributed by atoms with Gasteiger partial charge in [-0.2, -0.15) is 0 Å². The molecule has 1 unspecified atom stereocenters. The number of fused-ring (bicyclic) bond motifs is 3. The minimum Gasteiger partial charge on any atom is -0.347 e. The van der Waals surface area contributed by atoms with E-state index in [4.69, 9.17) is 4.98 Å². The lowest BCUT2D eigenvalue weighted by molar-refractivity contribution is 0.0628. The number of hydrogen-bond acceptors (Lipinski definition) is 5. The largest absolute Gasteiger partial charge is 0.347 e. The summed E-state index contributed by atoms with van der Waals surface area (Å²) in [5.41, 5.74) is 3.69. The maximum Gasteiger partial charge on any atom is 0.270 e. The second-order valence-corrected chi connectivity index (χ2v) is 8.17. The molecular formula is C21H24N6O. The number of aromatic nitrogens is 4. The molecule has 144 valence electrons. The van der Waals surface area contributed by atoms with Gasteiger partial charge in [0.05, 0.1) is 5.69 Å². The molecule has 3 aromatic heterocycles. The van der Waals surface area contributed by atoms with Crippen LogP contribution in [0, 0.1) is 0 Å². The highest BCUT2D eigenvalue weighted by atomic mass is 16.2. The molecule has 3 aromatic rings.